The van der Waals surface area contributed by atoms with Crippen molar-refractivity contribution in [1.82, 2.24) is 4.90 Å². The monoisotopic (exact) mass is 288 g/mol. The summed E-state index contributed by atoms with van der Waals surface area (Å²) in [5.41, 5.74) is 5.34. The maximum absolute atomic E-state index is 11.7. The van der Waals surface area contributed by atoms with Crippen molar-refractivity contribution in [3.63, 3.8) is 0 Å². The number of hydrogen-bond acceptors (Lipinski definition) is 5. The second kappa shape index (κ2) is 7.40. The first-order valence-electron chi connectivity index (χ1n) is 5.33. The first kappa shape index (κ1) is 15.0. The molecule has 0 aliphatic heterocycles. The number of hydrogen-bond donors (Lipinski definition) is 2. The number of amides is 1. The van der Waals surface area contributed by atoms with Crippen LogP contribution in [0.25, 0.3) is 0 Å². The van der Waals surface area contributed by atoms with Gasteiger partial charge in [0.25, 0.3) is 0 Å². The number of carboxylic acid groups (broad SMARTS) is 1. The first-order valence-corrected chi connectivity index (χ1v) is 7.36. The smallest absolute Gasteiger partial charge is 0.321 e. The molecule has 1 aromatic rings. The summed E-state index contributed by atoms with van der Waals surface area (Å²) in [5, 5.41) is 10.6. The number of thiophene rings is 1. The topological polar surface area (TPSA) is 83.6 Å². The van der Waals surface area contributed by atoms with E-state index in [1.165, 1.54) is 11.8 Å². The molecule has 1 aromatic heterocycles. The maximum atomic E-state index is 11.7. The molecule has 3 N–H and O–H groups in total. The number of carbonyl (C=O) groups excluding carboxylic acids is 1. The second-order valence-electron chi connectivity index (χ2n) is 3.79. The van der Waals surface area contributed by atoms with Crippen LogP contribution in [0.5, 0.6) is 0 Å². The zero-order chi connectivity index (χ0) is 13.5. The van der Waals surface area contributed by atoms with Crippen molar-refractivity contribution < 1.29 is 14.7 Å². The highest BCUT2D eigenvalue weighted by Crippen LogP contribution is 2.12. The molecule has 0 radical (unpaired) electrons. The number of thioether (sulfide) groups is 1. The summed E-state index contributed by atoms with van der Waals surface area (Å²) in [7, 11) is 1.74. The summed E-state index contributed by atoms with van der Waals surface area (Å²) < 4.78 is 0. The molecular formula is C11H16N2O3S2. The Labute approximate surface area is 114 Å². The highest BCUT2D eigenvalue weighted by Gasteiger charge is 2.14. The van der Waals surface area contributed by atoms with Gasteiger partial charge in [-0.15, -0.1) is 23.1 Å². The van der Waals surface area contributed by atoms with E-state index in [1.54, 1.807) is 23.3 Å². The molecule has 1 amide bonds. The Morgan fingerprint density at radius 3 is 2.89 bits per heavy atom. The van der Waals surface area contributed by atoms with Crippen molar-refractivity contribution in [1.29, 1.82) is 0 Å². The van der Waals surface area contributed by atoms with Gasteiger partial charge in [0, 0.05) is 17.7 Å². The standard InChI is InChI=1S/C11H16N2O3S2/c1-13(5-8-3-2-4-18-8)10(14)7-17-6-9(12)11(15)16/h2-4,9H,5-7,12H2,1H3,(H,15,16)/t9-/m0/s1. The zero-order valence-electron chi connectivity index (χ0n) is 10.0. The highest BCUT2D eigenvalue weighted by molar-refractivity contribution is 8.00. The molecule has 1 heterocycles. The quantitative estimate of drug-likeness (QED) is 0.777. The summed E-state index contributed by atoms with van der Waals surface area (Å²) in [6.45, 7) is 0.585. The number of carbonyl (C=O) groups is 2. The summed E-state index contributed by atoms with van der Waals surface area (Å²) in [4.78, 5) is 25.0. The van der Waals surface area contributed by atoms with Crippen LogP contribution >= 0.6 is 23.1 Å². The molecule has 0 aliphatic rings. The predicted octanol–water partition coefficient (Wildman–Crippen LogP) is 0.852. The third-order valence-electron chi connectivity index (χ3n) is 2.24. The summed E-state index contributed by atoms with van der Waals surface area (Å²) in [6, 6.07) is 3.01. The van der Waals surface area contributed by atoms with E-state index < -0.39 is 12.0 Å². The summed E-state index contributed by atoms with van der Waals surface area (Å²) in [6.07, 6.45) is 0. The molecule has 1 atom stereocenters. The van der Waals surface area contributed by atoms with E-state index >= 15 is 0 Å². The van der Waals surface area contributed by atoms with Crippen LogP contribution in [0.15, 0.2) is 17.5 Å². The van der Waals surface area contributed by atoms with Crippen molar-refractivity contribution in [3.8, 4) is 0 Å². The molecule has 100 valence electrons. The van der Waals surface area contributed by atoms with Crippen LogP contribution in [0.3, 0.4) is 0 Å². The lowest BCUT2D eigenvalue weighted by molar-refractivity contribution is -0.138. The van der Waals surface area contributed by atoms with Gasteiger partial charge < -0.3 is 15.7 Å². The average Bonchev–Trinajstić information content (AvgIpc) is 2.81. The fourth-order valence-corrected chi connectivity index (χ4v) is 2.85. The minimum Gasteiger partial charge on any atom is -0.480 e. The van der Waals surface area contributed by atoms with Gasteiger partial charge in [0.15, 0.2) is 0 Å². The van der Waals surface area contributed by atoms with Gasteiger partial charge in [-0.25, -0.2) is 0 Å². The summed E-state index contributed by atoms with van der Waals surface area (Å²) >= 11 is 2.85. The van der Waals surface area contributed by atoms with Crippen molar-refractivity contribution in [2.24, 2.45) is 5.73 Å². The largest absolute Gasteiger partial charge is 0.480 e. The molecule has 0 saturated carbocycles. The molecule has 0 aliphatic carbocycles. The molecule has 5 nitrogen and oxygen atoms in total. The van der Waals surface area contributed by atoms with E-state index in [2.05, 4.69) is 0 Å². The van der Waals surface area contributed by atoms with E-state index in [0.29, 0.717) is 6.54 Å². The van der Waals surface area contributed by atoms with Crippen LogP contribution in [0.4, 0.5) is 0 Å². The fourth-order valence-electron chi connectivity index (χ4n) is 1.18. The third-order valence-corrected chi connectivity index (χ3v) is 4.15. The van der Waals surface area contributed by atoms with Gasteiger partial charge in [-0.2, -0.15) is 0 Å². The number of nitrogens with zero attached hydrogens (tertiary/aromatic N) is 1. The molecule has 7 heteroatoms. The van der Waals surface area contributed by atoms with Crippen molar-refractivity contribution in [2.75, 3.05) is 18.6 Å². The van der Waals surface area contributed by atoms with E-state index in [-0.39, 0.29) is 17.4 Å². The first-order chi connectivity index (χ1) is 8.50. The fraction of sp³-hybridized carbons (Fsp3) is 0.455. The Morgan fingerprint density at radius 2 is 2.33 bits per heavy atom. The molecule has 1 rings (SSSR count). The molecule has 0 aromatic carbocycles. The minimum absolute atomic E-state index is 0.0222. The van der Waals surface area contributed by atoms with E-state index in [4.69, 9.17) is 10.8 Å². The van der Waals surface area contributed by atoms with Gasteiger partial charge in [0.1, 0.15) is 6.04 Å². The van der Waals surface area contributed by atoms with Gasteiger partial charge >= 0.3 is 5.97 Å². The van der Waals surface area contributed by atoms with Crippen molar-refractivity contribution in [3.05, 3.63) is 22.4 Å². The van der Waals surface area contributed by atoms with Crippen LogP contribution in [0.2, 0.25) is 0 Å². The van der Waals surface area contributed by atoms with Crippen molar-refractivity contribution >= 4 is 35.0 Å². The lowest BCUT2D eigenvalue weighted by Crippen LogP contribution is -2.33. The Morgan fingerprint density at radius 1 is 1.61 bits per heavy atom. The van der Waals surface area contributed by atoms with E-state index in [0.717, 1.165) is 4.88 Å². The van der Waals surface area contributed by atoms with Crippen LogP contribution in [-0.2, 0) is 16.1 Å². The molecule has 18 heavy (non-hydrogen) atoms. The lowest BCUT2D eigenvalue weighted by atomic mass is 10.4. The average molecular weight is 288 g/mol. The Hall–Kier alpha value is -1.05. The minimum atomic E-state index is -1.04. The second-order valence-corrected chi connectivity index (χ2v) is 5.85. The SMILES string of the molecule is CN(Cc1cccs1)C(=O)CSC[C@H](N)C(=O)O. The number of carboxylic acids is 1. The Kier molecular flexibility index (Phi) is 6.17. The molecule has 0 fully saturated rings. The number of nitrogens with two attached hydrogens (primary N) is 1. The zero-order valence-corrected chi connectivity index (χ0v) is 11.7. The van der Waals surface area contributed by atoms with Crippen molar-refractivity contribution in [2.45, 2.75) is 12.6 Å². The van der Waals surface area contributed by atoms with Gasteiger partial charge in [-0.05, 0) is 11.4 Å². The summed E-state index contributed by atoms with van der Waals surface area (Å²) in [5.74, 6) is -0.565. The molecule has 0 unspecified atom stereocenters. The third kappa shape index (κ3) is 5.07. The van der Waals surface area contributed by atoms with E-state index in [9.17, 15) is 9.59 Å². The number of aliphatic carboxylic acids is 1. The Bertz CT molecular complexity index is 395. The predicted molar refractivity (Wildman–Crippen MR) is 73.7 cm³/mol. The molecule has 0 spiro atoms. The van der Waals surface area contributed by atoms with Crippen LogP contribution < -0.4 is 5.73 Å². The Balaban J connectivity index is 2.26. The highest BCUT2D eigenvalue weighted by atomic mass is 32.2. The molecule has 0 bridgehead atoms. The normalized spacial score (nSPS) is 12.1. The molecular weight excluding hydrogens is 272 g/mol. The maximum Gasteiger partial charge on any atom is 0.321 e. The van der Waals surface area contributed by atoms with Gasteiger partial charge in [-0.1, -0.05) is 6.07 Å². The van der Waals surface area contributed by atoms with Gasteiger partial charge in [0.2, 0.25) is 5.91 Å². The van der Waals surface area contributed by atoms with E-state index in [1.807, 2.05) is 17.5 Å². The van der Waals surface area contributed by atoms with Crippen LogP contribution in [0, 0.1) is 0 Å². The van der Waals surface area contributed by atoms with Crippen LogP contribution in [-0.4, -0.2) is 46.5 Å². The number of rotatable bonds is 7. The molecule has 0 saturated heterocycles. The van der Waals surface area contributed by atoms with Gasteiger partial charge in [-0.3, -0.25) is 9.59 Å². The lowest BCUT2D eigenvalue weighted by Gasteiger charge is -2.16. The van der Waals surface area contributed by atoms with Crippen LogP contribution in [0.1, 0.15) is 4.88 Å². The van der Waals surface area contributed by atoms with Gasteiger partial charge in [0.05, 0.1) is 12.3 Å².